The average molecular weight is 363 g/mol. The fourth-order valence-electron chi connectivity index (χ4n) is 2.77. The van der Waals surface area contributed by atoms with Gasteiger partial charge in [0.1, 0.15) is 5.92 Å². The van der Waals surface area contributed by atoms with E-state index in [1.165, 1.54) is 0 Å². The molecule has 124 valence electrons. The van der Waals surface area contributed by atoms with Crippen molar-refractivity contribution in [3.05, 3.63) is 58.1 Å². The maximum absolute atomic E-state index is 12.6. The van der Waals surface area contributed by atoms with E-state index in [0.717, 1.165) is 11.3 Å². The van der Waals surface area contributed by atoms with Gasteiger partial charge in [-0.15, -0.1) is 0 Å². The second-order valence-electron chi connectivity index (χ2n) is 5.76. The predicted molar refractivity (Wildman–Crippen MR) is 96.7 cm³/mol. The van der Waals surface area contributed by atoms with Crippen LogP contribution in [0.25, 0.3) is 0 Å². The molecule has 1 heterocycles. The Bertz CT molecular complexity index is 807. The average Bonchev–Trinajstić information content (AvgIpc) is 2.92. The van der Waals surface area contributed by atoms with E-state index in [2.05, 4.69) is 5.32 Å². The van der Waals surface area contributed by atoms with Crippen LogP contribution in [0.5, 0.6) is 0 Å². The molecule has 1 N–H and O–H groups in total. The normalized spacial score (nSPS) is 17.2. The lowest BCUT2D eigenvalue weighted by Crippen LogP contribution is -2.33. The Morgan fingerprint density at radius 3 is 2.71 bits per heavy atom. The SMILES string of the molecule is Cc1cc(N2CCC(C(=O)Nc3cccc(Cl)c3)C2=O)ccc1Cl. The Morgan fingerprint density at radius 1 is 1.21 bits per heavy atom. The molecule has 24 heavy (non-hydrogen) atoms. The van der Waals surface area contributed by atoms with Crippen molar-refractivity contribution >= 4 is 46.4 Å². The van der Waals surface area contributed by atoms with E-state index >= 15 is 0 Å². The Labute approximate surface area is 150 Å². The molecule has 2 amide bonds. The third kappa shape index (κ3) is 3.40. The van der Waals surface area contributed by atoms with E-state index in [1.54, 1.807) is 41.3 Å². The van der Waals surface area contributed by atoms with Crippen LogP contribution in [0.3, 0.4) is 0 Å². The topological polar surface area (TPSA) is 49.4 Å². The summed E-state index contributed by atoms with van der Waals surface area (Å²) in [5.74, 6) is -1.20. The fraction of sp³-hybridized carbons (Fsp3) is 0.222. The first-order valence-corrected chi connectivity index (χ1v) is 8.35. The third-order valence-electron chi connectivity index (χ3n) is 4.07. The smallest absolute Gasteiger partial charge is 0.239 e. The van der Waals surface area contributed by atoms with Crippen molar-refractivity contribution in [3.8, 4) is 0 Å². The molecule has 1 atom stereocenters. The Balaban J connectivity index is 1.73. The molecule has 1 saturated heterocycles. The first kappa shape index (κ1) is 16.8. The van der Waals surface area contributed by atoms with Crippen LogP contribution >= 0.6 is 23.2 Å². The van der Waals surface area contributed by atoms with Crippen LogP contribution in [0.4, 0.5) is 11.4 Å². The number of carbonyl (C=O) groups excluding carboxylic acids is 2. The zero-order valence-corrected chi connectivity index (χ0v) is 14.6. The molecular formula is C18H16Cl2N2O2. The van der Waals surface area contributed by atoms with E-state index in [1.807, 2.05) is 13.0 Å². The fourth-order valence-corrected chi connectivity index (χ4v) is 3.08. The van der Waals surface area contributed by atoms with Crippen molar-refractivity contribution in [2.24, 2.45) is 5.92 Å². The van der Waals surface area contributed by atoms with E-state index in [0.29, 0.717) is 28.7 Å². The minimum Gasteiger partial charge on any atom is -0.325 e. The minimum atomic E-state index is -0.694. The van der Waals surface area contributed by atoms with Gasteiger partial charge in [0.05, 0.1) is 0 Å². The first-order valence-electron chi connectivity index (χ1n) is 7.59. The summed E-state index contributed by atoms with van der Waals surface area (Å²) in [5.41, 5.74) is 2.25. The number of halogens is 2. The summed E-state index contributed by atoms with van der Waals surface area (Å²) < 4.78 is 0. The number of nitrogens with zero attached hydrogens (tertiary/aromatic N) is 1. The van der Waals surface area contributed by atoms with Gasteiger partial charge in [-0.3, -0.25) is 9.59 Å². The number of carbonyl (C=O) groups is 2. The summed E-state index contributed by atoms with van der Waals surface area (Å²) in [7, 11) is 0. The molecule has 1 aliphatic rings. The highest BCUT2D eigenvalue weighted by Crippen LogP contribution is 2.29. The number of rotatable bonds is 3. The molecule has 0 saturated carbocycles. The maximum atomic E-state index is 12.6. The van der Waals surface area contributed by atoms with Crippen molar-refractivity contribution in [1.29, 1.82) is 0 Å². The standard InChI is InChI=1S/C18H16Cl2N2O2/c1-11-9-14(5-6-16(11)20)22-8-7-15(18(22)24)17(23)21-13-4-2-3-12(19)10-13/h2-6,9-10,15H,7-8H2,1H3,(H,21,23). The van der Waals surface area contributed by atoms with Gasteiger partial charge >= 0.3 is 0 Å². The molecule has 2 aromatic carbocycles. The Kier molecular flexibility index (Phi) is 4.78. The van der Waals surface area contributed by atoms with Crippen LogP contribution in [-0.2, 0) is 9.59 Å². The zero-order valence-electron chi connectivity index (χ0n) is 13.1. The van der Waals surface area contributed by atoms with Gasteiger partial charge in [-0.2, -0.15) is 0 Å². The molecule has 0 radical (unpaired) electrons. The molecule has 1 fully saturated rings. The van der Waals surface area contributed by atoms with Crippen LogP contribution < -0.4 is 10.2 Å². The Morgan fingerprint density at radius 2 is 2.00 bits per heavy atom. The van der Waals surface area contributed by atoms with E-state index < -0.39 is 5.92 Å². The van der Waals surface area contributed by atoms with Gasteiger partial charge in [-0.1, -0.05) is 29.3 Å². The number of hydrogen-bond acceptors (Lipinski definition) is 2. The summed E-state index contributed by atoms with van der Waals surface area (Å²) >= 11 is 11.9. The van der Waals surface area contributed by atoms with E-state index in [4.69, 9.17) is 23.2 Å². The number of anilines is 2. The lowest BCUT2D eigenvalue weighted by molar-refractivity contribution is -0.129. The highest BCUT2D eigenvalue weighted by molar-refractivity contribution is 6.31. The number of aryl methyl sites for hydroxylation is 1. The molecule has 2 aromatic rings. The van der Waals surface area contributed by atoms with Gasteiger partial charge < -0.3 is 10.2 Å². The molecule has 6 heteroatoms. The summed E-state index contributed by atoms with van der Waals surface area (Å²) in [4.78, 5) is 26.6. The number of hydrogen-bond donors (Lipinski definition) is 1. The van der Waals surface area contributed by atoms with Crippen LogP contribution in [0.1, 0.15) is 12.0 Å². The molecule has 4 nitrogen and oxygen atoms in total. The van der Waals surface area contributed by atoms with Crippen LogP contribution in [0.2, 0.25) is 10.0 Å². The third-order valence-corrected chi connectivity index (χ3v) is 4.73. The molecule has 0 spiro atoms. The van der Waals surface area contributed by atoms with Crippen LogP contribution in [0, 0.1) is 12.8 Å². The number of amides is 2. The Hall–Kier alpha value is -2.04. The zero-order chi connectivity index (χ0) is 17.3. The highest BCUT2D eigenvalue weighted by atomic mass is 35.5. The molecule has 0 aliphatic carbocycles. The van der Waals surface area contributed by atoms with Crippen molar-refractivity contribution < 1.29 is 9.59 Å². The molecular weight excluding hydrogens is 347 g/mol. The van der Waals surface area contributed by atoms with Gasteiger partial charge in [0, 0.05) is 28.0 Å². The van der Waals surface area contributed by atoms with E-state index in [9.17, 15) is 9.59 Å². The van der Waals surface area contributed by atoms with Gasteiger partial charge in [0.2, 0.25) is 11.8 Å². The lowest BCUT2D eigenvalue weighted by atomic mass is 10.1. The van der Waals surface area contributed by atoms with Gasteiger partial charge in [-0.25, -0.2) is 0 Å². The second-order valence-corrected chi connectivity index (χ2v) is 6.61. The summed E-state index contributed by atoms with van der Waals surface area (Å²) in [6.07, 6.45) is 0.479. The largest absolute Gasteiger partial charge is 0.325 e. The van der Waals surface area contributed by atoms with Crippen molar-refractivity contribution in [3.63, 3.8) is 0 Å². The molecule has 1 unspecified atom stereocenters. The quantitative estimate of drug-likeness (QED) is 0.827. The van der Waals surface area contributed by atoms with E-state index in [-0.39, 0.29) is 11.8 Å². The van der Waals surface area contributed by atoms with Crippen molar-refractivity contribution in [1.82, 2.24) is 0 Å². The van der Waals surface area contributed by atoms with Crippen LogP contribution in [0.15, 0.2) is 42.5 Å². The van der Waals surface area contributed by atoms with Crippen molar-refractivity contribution in [2.75, 3.05) is 16.8 Å². The van der Waals surface area contributed by atoms with Gasteiger partial charge in [0.15, 0.2) is 0 Å². The van der Waals surface area contributed by atoms with Gasteiger partial charge in [0.25, 0.3) is 0 Å². The summed E-state index contributed by atoms with van der Waals surface area (Å²) in [6.45, 7) is 2.39. The minimum absolute atomic E-state index is 0.198. The maximum Gasteiger partial charge on any atom is 0.239 e. The molecule has 1 aliphatic heterocycles. The molecule has 3 rings (SSSR count). The van der Waals surface area contributed by atoms with Crippen molar-refractivity contribution in [2.45, 2.75) is 13.3 Å². The first-order chi connectivity index (χ1) is 11.5. The van der Waals surface area contributed by atoms with Gasteiger partial charge in [-0.05, 0) is 55.3 Å². The molecule has 0 bridgehead atoms. The summed E-state index contributed by atoms with van der Waals surface area (Å²) in [6, 6.07) is 12.3. The van der Waals surface area contributed by atoms with Crippen LogP contribution in [-0.4, -0.2) is 18.4 Å². The number of nitrogens with one attached hydrogen (secondary N) is 1. The summed E-state index contributed by atoms with van der Waals surface area (Å²) in [5, 5.41) is 3.94. The molecule has 0 aromatic heterocycles. The number of benzene rings is 2. The predicted octanol–water partition coefficient (Wildman–Crippen LogP) is 4.29. The lowest BCUT2D eigenvalue weighted by Gasteiger charge is -2.17. The monoisotopic (exact) mass is 362 g/mol. The second kappa shape index (κ2) is 6.83. The highest BCUT2D eigenvalue weighted by Gasteiger charge is 2.37.